The molecule has 3 heteroatoms. The van der Waals surface area contributed by atoms with Gasteiger partial charge in [0.15, 0.2) is 5.95 Å². The van der Waals surface area contributed by atoms with Crippen LogP contribution >= 0.6 is 0 Å². The average Bonchev–Trinajstić information content (AvgIpc) is 2.51. The van der Waals surface area contributed by atoms with E-state index in [0.717, 1.165) is 5.56 Å². The van der Waals surface area contributed by atoms with E-state index in [1.54, 1.807) is 18.5 Å². The predicted octanol–water partition coefficient (Wildman–Crippen LogP) is 2.60. The molecule has 0 bridgehead atoms. The summed E-state index contributed by atoms with van der Waals surface area (Å²) < 4.78 is 14.8. The first-order chi connectivity index (χ1) is 6.18. The van der Waals surface area contributed by atoms with E-state index in [4.69, 9.17) is 0 Å². The zero-order valence-corrected chi connectivity index (χ0v) is 7.66. The van der Waals surface area contributed by atoms with Crippen LogP contribution in [-0.2, 0) is 0 Å². The van der Waals surface area contributed by atoms with Crippen molar-refractivity contribution in [3.63, 3.8) is 0 Å². The highest BCUT2D eigenvalue weighted by Crippen LogP contribution is 2.17. The predicted molar refractivity (Wildman–Crippen MR) is 49.2 cm³/mol. The summed E-state index contributed by atoms with van der Waals surface area (Å²) in [6.07, 6.45) is 3.22. The first kappa shape index (κ1) is 8.23. The van der Waals surface area contributed by atoms with E-state index in [9.17, 15) is 4.39 Å². The third-order valence-electron chi connectivity index (χ3n) is 2.15. The molecule has 0 radical (unpaired) electrons. The number of hydrogen-bond acceptors (Lipinski definition) is 1. The van der Waals surface area contributed by atoms with Crippen LogP contribution in [-0.4, -0.2) is 9.38 Å². The van der Waals surface area contributed by atoms with Gasteiger partial charge in [0.2, 0.25) is 0 Å². The Bertz CT molecular complexity index is 431. The fraction of sp³-hybridized carbons (Fsp3) is 0.300. The van der Waals surface area contributed by atoms with Crippen molar-refractivity contribution in [2.45, 2.75) is 19.8 Å². The second kappa shape index (κ2) is 2.83. The van der Waals surface area contributed by atoms with Crippen molar-refractivity contribution in [2.75, 3.05) is 0 Å². The Balaban J connectivity index is 2.70. The molecule has 0 amide bonds. The quantitative estimate of drug-likeness (QED) is 0.613. The van der Waals surface area contributed by atoms with Gasteiger partial charge in [-0.15, -0.1) is 0 Å². The Morgan fingerprint density at radius 1 is 1.38 bits per heavy atom. The highest BCUT2D eigenvalue weighted by atomic mass is 19.1. The molecule has 0 aliphatic heterocycles. The minimum absolute atomic E-state index is 0.251. The maximum atomic E-state index is 13.4. The number of imidazole rings is 1. The van der Waals surface area contributed by atoms with E-state index in [1.165, 1.54) is 4.40 Å². The van der Waals surface area contributed by atoms with Crippen LogP contribution in [0.2, 0.25) is 0 Å². The molecule has 0 atom stereocenters. The molecule has 2 heterocycles. The highest BCUT2D eigenvalue weighted by Gasteiger charge is 2.05. The lowest BCUT2D eigenvalue weighted by Crippen LogP contribution is -1.96. The molecule has 2 aromatic rings. The van der Waals surface area contributed by atoms with Crippen molar-refractivity contribution < 1.29 is 4.39 Å². The Kier molecular flexibility index (Phi) is 1.79. The molecule has 0 aliphatic carbocycles. The molecule has 0 aliphatic rings. The van der Waals surface area contributed by atoms with E-state index in [2.05, 4.69) is 4.98 Å². The van der Waals surface area contributed by atoms with Gasteiger partial charge in [0.1, 0.15) is 5.65 Å². The molecule has 2 nitrogen and oxygen atoms in total. The monoisotopic (exact) mass is 178 g/mol. The van der Waals surface area contributed by atoms with Crippen molar-refractivity contribution in [1.29, 1.82) is 0 Å². The molecule has 68 valence electrons. The Morgan fingerprint density at radius 3 is 2.85 bits per heavy atom. The fourth-order valence-electron chi connectivity index (χ4n) is 1.33. The van der Waals surface area contributed by atoms with Crippen LogP contribution in [0.15, 0.2) is 24.5 Å². The van der Waals surface area contributed by atoms with Gasteiger partial charge in [0.25, 0.3) is 0 Å². The average molecular weight is 178 g/mol. The van der Waals surface area contributed by atoms with Gasteiger partial charge in [-0.25, -0.2) is 4.98 Å². The normalized spacial score (nSPS) is 11.4. The molecule has 0 fully saturated rings. The van der Waals surface area contributed by atoms with Gasteiger partial charge in [-0.1, -0.05) is 13.8 Å². The van der Waals surface area contributed by atoms with Gasteiger partial charge in [-0.3, -0.25) is 4.40 Å². The molecule has 0 saturated heterocycles. The third-order valence-corrected chi connectivity index (χ3v) is 2.15. The molecule has 0 spiro atoms. The number of nitrogens with zero attached hydrogens (tertiary/aromatic N) is 2. The summed E-state index contributed by atoms with van der Waals surface area (Å²) in [5.74, 6) is 0.0786. The number of hydrogen-bond donors (Lipinski definition) is 0. The second-order valence-corrected chi connectivity index (χ2v) is 3.42. The van der Waals surface area contributed by atoms with Crippen LogP contribution in [0.4, 0.5) is 4.39 Å². The number of rotatable bonds is 1. The first-order valence-electron chi connectivity index (χ1n) is 4.31. The van der Waals surface area contributed by atoms with Crippen LogP contribution in [0.5, 0.6) is 0 Å². The Hall–Kier alpha value is -1.38. The van der Waals surface area contributed by atoms with E-state index >= 15 is 0 Å². The van der Waals surface area contributed by atoms with Gasteiger partial charge >= 0.3 is 0 Å². The van der Waals surface area contributed by atoms with Crippen LogP contribution in [0.1, 0.15) is 25.3 Å². The van der Waals surface area contributed by atoms with E-state index in [0.29, 0.717) is 11.6 Å². The molecule has 13 heavy (non-hydrogen) atoms. The molecule has 0 saturated carbocycles. The van der Waals surface area contributed by atoms with E-state index in [1.807, 2.05) is 19.9 Å². The van der Waals surface area contributed by atoms with Gasteiger partial charge in [0, 0.05) is 12.4 Å². The van der Waals surface area contributed by atoms with E-state index in [-0.39, 0.29) is 5.95 Å². The van der Waals surface area contributed by atoms with Crippen LogP contribution < -0.4 is 0 Å². The summed E-state index contributed by atoms with van der Waals surface area (Å²) in [6.45, 7) is 4.07. The number of pyridine rings is 1. The summed E-state index contributed by atoms with van der Waals surface area (Å²) >= 11 is 0. The standard InChI is InChI=1S/C10H11FN2/c1-7(2)8-5-9(11)13-4-3-12-10(13)6-8/h3-7H,1-2H3. The van der Waals surface area contributed by atoms with Crippen molar-refractivity contribution in [3.05, 3.63) is 36.0 Å². The summed E-state index contributed by atoms with van der Waals surface area (Å²) in [5, 5.41) is 0. The first-order valence-corrected chi connectivity index (χ1v) is 4.31. The maximum Gasteiger partial charge on any atom is 0.199 e. The Morgan fingerprint density at radius 2 is 2.15 bits per heavy atom. The van der Waals surface area contributed by atoms with Crippen LogP contribution in [0.3, 0.4) is 0 Å². The van der Waals surface area contributed by atoms with Crippen molar-refractivity contribution in [2.24, 2.45) is 0 Å². The lowest BCUT2D eigenvalue weighted by atomic mass is 10.1. The Labute approximate surface area is 76.0 Å². The molecular weight excluding hydrogens is 167 g/mol. The SMILES string of the molecule is CC(C)c1cc(F)n2ccnc2c1. The summed E-state index contributed by atoms with van der Waals surface area (Å²) in [6, 6.07) is 3.47. The number of halogens is 1. The molecule has 0 unspecified atom stereocenters. The smallest absolute Gasteiger partial charge is 0.199 e. The zero-order valence-electron chi connectivity index (χ0n) is 7.66. The van der Waals surface area contributed by atoms with Crippen LogP contribution in [0.25, 0.3) is 5.65 Å². The molecule has 2 aromatic heterocycles. The van der Waals surface area contributed by atoms with Crippen molar-refractivity contribution in [1.82, 2.24) is 9.38 Å². The third kappa shape index (κ3) is 1.30. The minimum Gasteiger partial charge on any atom is -0.276 e. The van der Waals surface area contributed by atoms with Gasteiger partial charge in [-0.2, -0.15) is 4.39 Å². The largest absolute Gasteiger partial charge is 0.276 e. The fourth-order valence-corrected chi connectivity index (χ4v) is 1.33. The summed E-state index contributed by atoms with van der Waals surface area (Å²) in [4.78, 5) is 4.05. The zero-order chi connectivity index (χ0) is 9.42. The summed E-state index contributed by atoms with van der Waals surface area (Å²) in [7, 11) is 0. The van der Waals surface area contributed by atoms with Gasteiger partial charge < -0.3 is 0 Å². The topological polar surface area (TPSA) is 17.3 Å². The lowest BCUT2D eigenvalue weighted by molar-refractivity contribution is 0.564. The van der Waals surface area contributed by atoms with Crippen molar-refractivity contribution >= 4 is 5.65 Å². The van der Waals surface area contributed by atoms with Gasteiger partial charge in [-0.05, 0) is 23.6 Å². The minimum atomic E-state index is -0.251. The number of aromatic nitrogens is 2. The summed E-state index contributed by atoms with van der Waals surface area (Å²) in [5.41, 5.74) is 1.65. The van der Waals surface area contributed by atoms with Gasteiger partial charge in [0.05, 0.1) is 0 Å². The highest BCUT2D eigenvalue weighted by molar-refractivity contribution is 5.42. The molecular formula is C10H11FN2. The molecule has 2 rings (SSSR count). The maximum absolute atomic E-state index is 13.4. The van der Waals surface area contributed by atoms with Crippen LogP contribution in [0, 0.1) is 5.95 Å². The molecule has 0 N–H and O–H groups in total. The lowest BCUT2D eigenvalue weighted by Gasteiger charge is -2.05. The number of fused-ring (bicyclic) bond motifs is 1. The second-order valence-electron chi connectivity index (χ2n) is 3.42. The molecule has 0 aromatic carbocycles. The van der Waals surface area contributed by atoms with E-state index < -0.39 is 0 Å². The van der Waals surface area contributed by atoms with Crippen molar-refractivity contribution in [3.8, 4) is 0 Å².